The summed E-state index contributed by atoms with van der Waals surface area (Å²) >= 11 is 0. The van der Waals surface area contributed by atoms with Gasteiger partial charge in [0, 0.05) is 24.5 Å². The number of hydrogen-bond donors (Lipinski definition) is 2. The minimum Gasteiger partial charge on any atom is -0.481 e. The summed E-state index contributed by atoms with van der Waals surface area (Å²) in [4.78, 5) is 23.5. The van der Waals surface area contributed by atoms with Gasteiger partial charge in [0.1, 0.15) is 11.4 Å². The van der Waals surface area contributed by atoms with Crippen LogP contribution in [0.4, 0.5) is 14.9 Å². The third-order valence-electron chi connectivity index (χ3n) is 3.89. The van der Waals surface area contributed by atoms with Crippen molar-refractivity contribution in [2.75, 3.05) is 18.5 Å². The van der Waals surface area contributed by atoms with Crippen LogP contribution in [0.5, 0.6) is 0 Å². The largest absolute Gasteiger partial charge is 0.481 e. The second kappa shape index (κ2) is 6.76. The van der Waals surface area contributed by atoms with Gasteiger partial charge in [0.25, 0.3) is 0 Å². The Morgan fingerprint density at radius 2 is 1.92 bits per heavy atom. The number of carboxylic acids is 1. The number of rotatable bonds is 3. The summed E-state index contributed by atoms with van der Waals surface area (Å²) in [6.07, 6.45) is -0.287. The van der Waals surface area contributed by atoms with Crippen molar-refractivity contribution in [3.63, 3.8) is 0 Å². The number of anilines is 1. The molecule has 7 heteroatoms. The van der Waals surface area contributed by atoms with Crippen molar-refractivity contribution in [1.29, 1.82) is 0 Å². The van der Waals surface area contributed by atoms with E-state index in [0.29, 0.717) is 0 Å². The van der Waals surface area contributed by atoms with Gasteiger partial charge in [-0.25, -0.2) is 9.18 Å². The first kappa shape index (κ1) is 18.2. The van der Waals surface area contributed by atoms with Gasteiger partial charge in [-0.1, -0.05) is 6.07 Å². The van der Waals surface area contributed by atoms with E-state index in [0.717, 1.165) is 6.07 Å². The average Bonchev–Trinajstić information content (AvgIpc) is 2.45. The number of aliphatic carboxylic acids is 1. The normalized spacial score (nSPS) is 17.2. The molecule has 0 aliphatic carbocycles. The molecule has 0 unspecified atom stereocenters. The fraction of sp³-hybridized carbons (Fsp3) is 0.529. The van der Waals surface area contributed by atoms with Crippen LogP contribution in [0.25, 0.3) is 0 Å². The molecule has 6 nitrogen and oxygen atoms in total. The topological polar surface area (TPSA) is 84.9 Å². The van der Waals surface area contributed by atoms with Gasteiger partial charge >= 0.3 is 12.1 Å². The molecule has 1 aromatic rings. The van der Waals surface area contributed by atoms with Gasteiger partial charge in [0.05, 0.1) is 5.41 Å². The molecule has 1 aromatic carbocycles. The Balaban J connectivity index is 2.23. The van der Waals surface area contributed by atoms with Crippen molar-refractivity contribution in [3.8, 4) is 0 Å². The first-order valence-corrected chi connectivity index (χ1v) is 7.75. The predicted molar refractivity (Wildman–Crippen MR) is 85.6 cm³/mol. The van der Waals surface area contributed by atoms with E-state index in [9.17, 15) is 19.1 Å². The lowest BCUT2D eigenvalue weighted by Crippen LogP contribution is -2.42. The number of nitrogens with one attached hydrogen (secondary N) is 1. The maximum Gasteiger partial charge on any atom is 0.412 e. The maximum atomic E-state index is 14.5. The highest BCUT2D eigenvalue weighted by atomic mass is 19.1. The van der Waals surface area contributed by atoms with Crippen LogP contribution in [0.3, 0.4) is 0 Å². The number of ether oxygens (including phenoxy) is 2. The van der Waals surface area contributed by atoms with Crippen molar-refractivity contribution in [1.82, 2.24) is 0 Å². The van der Waals surface area contributed by atoms with Crippen LogP contribution >= 0.6 is 0 Å². The van der Waals surface area contributed by atoms with Crippen LogP contribution in [0.1, 0.15) is 39.2 Å². The van der Waals surface area contributed by atoms with Gasteiger partial charge in [-0.05, 0) is 45.7 Å². The Bertz CT molecular complexity index is 632. The Hall–Kier alpha value is -2.15. The zero-order chi connectivity index (χ0) is 18.0. The zero-order valence-corrected chi connectivity index (χ0v) is 14.0. The maximum absolute atomic E-state index is 14.5. The number of hydrogen-bond acceptors (Lipinski definition) is 4. The summed E-state index contributed by atoms with van der Waals surface area (Å²) in [7, 11) is 0. The van der Waals surface area contributed by atoms with Crippen LogP contribution in [0.15, 0.2) is 18.2 Å². The third-order valence-corrected chi connectivity index (χ3v) is 3.89. The second-order valence-electron chi connectivity index (χ2n) is 6.82. The van der Waals surface area contributed by atoms with E-state index < -0.39 is 28.9 Å². The molecule has 0 atom stereocenters. The number of carbonyl (C=O) groups is 2. The van der Waals surface area contributed by atoms with Crippen molar-refractivity contribution in [3.05, 3.63) is 29.6 Å². The summed E-state index contributed by atoms with van der Waals surface area (Å²) in [5.74, 6) is -1.74. The van der Waals surface area contributed by atoms with E-state index in [1.165, 1.54) is 12.1 Å². The Labute approximate surface area is 139 Å². The number of benzene rings is 1. The minimum absolute atomic E-state index is 0.105. The number of halogens is 1. The van der Waals surface area contributed by atoms with Crippen molar-refractivity contribution in [2.24, 2.45) is 0 Å². The standard InChI is InChI=1S/C17H22FNO5/c1-16(2,3)24-15(22)19-11-4-5-12(13(18)10-11)17(14(20)21)6-8-23-9-7-17/h4-5,10H,6-9H2,1-3H3,(H,19,22)(H,20,21). The van der Waals surface area contributed by atoms with E-state index >= 15 is 0 Å². The molecule has 1 amide bonds. The average molecular weight is 339 g/mol. The highest BCUT2D eigenvalue weighted by Crippen LogP contribution is 2.37. The smallest absolute Gasteiger partial charge is 0.412 e. The fourth-order valence-electron chi connectivity index (χ4n) is 2.72. The summed E-state index contributed by atoms with van der Waals surface area (Å²) < 4.78 is 24.8. The van der Waals surface area contributed by atoms with Gasteiger partial charge in [-0.15, -0.1) is 0 Å². The van der Waals surface area contributed by atoms with E-state index in [-0.39, 0.29) is 37.3 Å². The second-order valence-corrected chi connectivity index (χ2v) is 6.82. The molecule has 1 saturated heterocycles. The van der Waals surface area contributed by atoms with Crippen LogP contribution in [0.2, 0.25) is 0 Å². The molecule has 24 heavy (non-hydrogen) atoms. The lowest BCUT2D eigenvalue weighted by molar-refractivity contribution is -0.148. The number of carbonyl (C=O) groups excluding carboxylic acids is 1. The number of carboxylic acid groups (broad SMARTS) is 1. The molecule has 0 saturated carbocycles. The van der Waals surface area contributed by atoms with Crippen molar-refractivity contribution >= 4 is 17.7 Å². The van der Waals surface area contributed by atoms with Crippen LogP contribution in [0, 0.1) is 5.82 Å². The van der Waals surface area contributed by atoms with E-state index in [4.69, 9.17) is 9.47 Å². The summed E-state index contributed by atoms with van der Waals surface area (Å²) in [5.41, 5.74) is -1.66. The molecule has 1 aliphatic heterocycles. The molecule has 1 aliphatic rings. The quantitative estimate of drug-likeness (QED) is 0.882. The molecule has 0 bridgehead atoms. The molecule has 0 aromatic heterocycles. The number of amides is 1. The molecule has 2 N–H and O–H groups in total. The first-order chi connectivity index (χ1) is 11.1. The molecule has 0 spiro atoms. The minimum atomic E-state index is -1.30. The summed E-state index contributed by atoms with van der Waals surface area (Å²) in [6, 6.07) is 3.99. The Kier molecular flexibility index (Phi) is 5.13. The molecule has 1 heterocycles. The zero-order valence-electron chi connectivity index (χ0n) is 14.0. The van der Waals surface area contributed by atoms with Gasteiger partial charge < -0.3 is 14.6 Å². The SMILES string of the molecule is CC(C)(C)OC(=O)Nc1ccc(C2(C(=O)O)CCOCC2)c(F)c1. The fourth-order valence-corrected chi connectivity index (χ4v) is 2.72. The monoisotopic (exact) mass is 339 g/mol. The molecule has 0 radical (unpaired) electrons. The Morgan fingerprint density at radius 1 is 1.29 bits per heavy atom. The summed E-state index contributed by atoms with van der Waals surface area (Å²) in [6.45, 7) is 5.70. The lowest BCUT2D eigenvalue weighted by Gasteiger charge is -2.33. The molecule has 2 rings (SSSR count). The summed E-state index contributed by atoms with van der Waals surface area (Å²) in [5, 5.41) is 12.0. The van der Waals surface area contributed by atoms with Gasteiger partial charge in [0.2, 0.25) is 0 Å². The lowest BCUT2D eigenvalue weighted by atomic mass is 9.74. The first-order valence-electron chi connectivity index (χ1n) is 7.75. The van der Waals surface area contributed by atoms with Crippen LogP contribution in [-0.4, -0.2) is 36.0 Å². The van der Waals surface area contributed by atoms with Crippen molar-refractivity contribution < 1.29 is 28.6 Å². The van der Waals surface area contributed by atoms with E-state index in [2.05, 4.69) is 5.32 Å². The van der Waals surface area contributed by atoms with Gasteiger partial charge in [-0.3, -0.25) is 10.1 Å². The molecular formula is C17H22FNO5. The highest BCUT2D eigenvalue weighted by Gasteiger charge is 2.43. The van der Waals surface area contributed by atoms with Crippen LogP contribution in [-0.2, 0) is 19.7 Å². The van der Waals surface area contributed by atoms with Crippen molar-refractivity contribution in [2.45, 2.75) is 44.6 Å². The van der Waals surface area contributed by atoms with Gasteiger partial charge in [0.15, 0.2) is 0 Å². The molecule has 1 fully saturated rings. The molecular weight excluding hydrogens is 317 g/mol. The highest BCUT2D eigenvalue weighted by molar-refractivity contribution is 5.86. The third kappa shape index (κ3) is 4.03. The predicted octanol–water partition coefficient (Wildman–Crippen LogP) is 3.31. The van der Waals surface area contributed by atoms with E-state index in [1.807, 2.05) is 0 Å². The Morgan fingerprint density at radius 3 is 2.42 bits per heavy atom. The van der Waals surface area contributed by atoms with Crippen LogP contribution < -0.4 is 5.32 Å². The van der Waals surface area contributed by atoms with E-state index in [1.54, 1.807) is 20.8 Å². The van der Waals surface area contributed by atoms with Gasteiger partial charge in [-0.2, -0.15) is 0 Å². The molecule has 132 valence electrons.